The van der Waals surface area contributed by atoms with Crippen LogP contribution < -0.4 is 0 Å². The van der Waals surface area contributed by atoms with E-state index in [1.54, 1.807) is 0 Å². The fraction of sp³-hybridized carbons (Fsp3) is 0.412. The highest BCUT2D eigenvalue weighted by molar-refractivity contribution is 5.83. The summed E-state index contributed by atoms with van der Waals surface area (Å²) in [6, 6.07) is 9.96. The Labute approximate surface area is 124 Å². The fourth-order valence-corrected chi connectivity index (χ4v) is 3.39. The van der Waals surface area contributed by atoms with Crippen LogP contribution in [-0.2, 0) is 36.5 Å². The van der Waals surface area contributed by atoms with Crippen molar-refractivity contribution in [3.8, 4) is 0 Å². The molecule has 3 rings (SSSR count). The molecule has 0 saturated heterocycles. The summed E-state index contributed by atoms with van der Waals surface area (Å²) in [5.41, 5.74) is 3.33. The number of carbonyl (C=O) groups is 1. The molecule has 110 valence electrons. The minimum absolute atomic E-state index is 0.503. The predicted molar refractivity (Wildman–Crippen MR) is 80.4 cm³/mol. The highest BCUT2D eigenvalue weighted by atomic mass is 16.4. The summed E-state index contributed by atoms with van der Waals surface area (Å²) >= 11 is 0. The normalized spacial score (nSPS) is 20.5. The van der Waals surface area contributed by atoms with Gasteiger partial charge in [-0.2, -0.15) is 5.10 Å². The van der Waals surface area contributed by atoms with E-state index in [9.17, 15) is 9.90 Å². The van der Waals surface area contributed by atoms with Crippen molar-refractivity contribution in [2.24, 2.45) is 7.05 Å². The van der Waals surface area contributed by atoms with E-state index in [0.29, 0.717) is 12.8 Å². The molecule has 0 fully saturated rings. The van der Waals surface area contributed by atoms with Crippen LogP contribution in [0, 0.1) is 0 Å². The summed E-state index contributed by atoms with van der Waals surface area (Å²) in [5, 5.41) is 14.3. The van der Waals surface area contributed by atoms with Crippen molar-refractivity contribution in [2.45, 2.75) is 38.0 Å². The first kappa shape index (κ1) is 13.9. The molecule has 1 aromatic heterocycles. The number of aromatic nitrogens is 2. The Bertz CT molecular complexity index is 690. The largest absolute Gasteiger partial charge is 0.481 e. The Balaban J connectivity index is 2.04. The lowest BCUT2D eigenvalue weighted by atomic mass is 9.78. The van der Waals surface area contributed by atoms with E-state index in [2.05, 4.69) is 12.0 Å². The summed E-state index contributed by atoms with van der Waals surface area (Å²) in [7, 11) is 1.89. The standard InChI is InChI=1S/C17H20N2O2/c1-3-13-10-14(19(2)18-13)11-17(16(20)21)9-8-12-6-4-5-7-15(12)17/h4-7,10H,3,8-9,11H2,1-2H3,(H,20,21). The number of rotatable bonds is 4. The maximum absolute atomic E-state index is 12.0. The maximum atomic E-state index is 12.0. The van der Waals surface area contributed by atoms with Crippen LogP contribution in [0.2, 0.25) is 0 Å². The summed E-state index contributed by atoms with van der Waals surface area (Å²) in [6.07, 6.45) is 2.86. The van der Waals surface area contributed by atoms with Gasteiger partial charge < -0.3 is 5.11 Å². The smallest absolute Gasteiger partial charge is 0.314 e. The van der Waals surface area contributed by atoms with Gasteiger partial charge in [0, 0.05) is 19.2 Å². The molecule has 0 bridgehead atoms. The van der Waals surface area contributed by atoms with Gasteiger partial charge in [0.25, 0.3) is 0 Å². The van der Waals surface area contributed by atoms with Gasteiger partial charge in [0.1, 0.15) is 0 Å². The summed E-state index contributed by atoms with van der Waals surface area (Å²) < 4.78 is 1.82. The Morgan fingerprint density at radius 1 is 1.43 bits per heavy atom. The van der Waals surface area contributed by atoms with Gasteiger partial charge >= 0.3 is 5.97 Å². The van der Waals surface area contributed by atoms with Crippen molar-refractivity contribution >= 4 is 5.97 Å². The molecule has 4 nitrogen and oxygen atoms in total. The molecule has 21 heavy (non-hydrogen) atoms. The Morgan fingerprint density at radius 2 is 2.19 bits per heavy atom. The molecule has 0 amide bonds. The van der Waals surface area contributed by atoms with E-state index in [1.807, 2.05) is 42.1 Å². The molecule has 1 heterocycles. The van der Waals surface area contributed by atoms with Crippen LogP contribution in [0.3, 0.4) is 0 Å². The third-order valence-electron chi connectivity index (χ3n) is 4.64. The van der Waals surface area contributed by atoms with Gasteiger partial charge in [-0.1, -0.05) is 31.2 Å². The average Bonchev–Trinajstić information content (AvgIpc) is 3.02. The molecule has 2 aromatic rings. The van der Waals surface area contributed by atoms with Crippen LogP contribution in [-0.4, -0.2) is 20.9 Å². The molecule has 1 N–H and O–H groups in total. The second-order valence-electron chi connectivity index (χ2n) is 5.83. The summed E-state index contributed by atoms with van der Waals surface area (Å²) in [6.45, 7) is 2.06. The van der Waals surface area contributed by atoms with Crippen LogP contribution in [0.5, 0.6) is 0 Å². The third-order valence-corrected chi connectivity index (χ3v) is 4.64. The minimum atomic E-state index is -0.810. The molecule has 0 spiro atoms. The summed E-state index contributed by atoms with van der Waals surface area (Å²) in [5.74, 6) is -0.730. The highest BCUT2D eigenvalue weighted by Crippen LogP contribution is 2.41. The fourth-order valence-electron chi connectivity index (χ4n) is 3.39. The van der Waals surface area contributed by atoms with Crippen molar-refractivity contribution < 1.29 is 9.90 Å². The molecule has 1 aliphatic rings. The van der Waals surface area contributed by atoms with Crippen molar-refractivity contribution in [3.63, 3.8) is 0 Å². The Kier molecular flexibility index (Phi) is 3.32. The van der Waals surface area contributed by atoms with E-state index < -0.39 is 11.4 Å². The second kappa shape index (κ2) is 5.02. The van der Waals surface area contributed by atoms with Crippen molar-refractivity contribution in [1.82, 2.24) is 9.78 Å². The number of benzene rings is 1. The topological polar surface area (TPSA) is 55.1 Å². The van der Waals surface area contributed by atoms with Crippen LogP contribution in [0.25, 0.3) is 0 Å². The molecule has 4 heteroatoms. The van der Waals surface area contributed by atoms with Gasteiger partial charge in [0.2, 0.25) is 0 Å². The molecule has 0 aliphatic heterocycles. The van der Waals surface area contributed by atoms with E-state index in [0.717, 1.165) is 35.4 Å². The van der Waals surface area contributed by atoms with Gasteiger partial charge in [-0.25, -0.2) is 0 Å². The van der Waals surface area contributed by atoms with Gasteiger partial charge in [-0.05, 0) is 36.5 Å². The second-order valence-corrected chi connectivity index (χ2v) is 5.83. The highest BCUT2D eigenvalue weighted by Gasteiger charge is 2.45. The number of aryl methyl sites for hydroxylation is 3. The third kappa shape index (κ3) is 2.15. The van der Waals surface area contributed by atoms with E-state index in [-0.39, 0.29) is 0 Å². The molecule has 1 aliphatic carbocycles. The van der Waals surface area contributed by atoms with Crippen molar-refractivity contribution in [2.75, 3.05) is 0 Å². The quantitative estimate of drug-likeness (QED) is 0.938. The molecule has 1 aromatic carbocycles. The van der Waals surface area contributed by atoms with Gasteiger partial charge in [0.05, 0.1) is 11.1 Å². The van der Waals surface area contributed by atoms with Gasteiger partial charge in [-0.15, -0.1) is 0 Å². The number of fused-ring (bicyclic) bond motifs is 1. The summed E-state index contributed by atoms with van der Waals surface area (Å²) in [4.78, 5) is 12.0. The SMILES string of the molecule is CCc1cc(CC2(C(=O)O)CCc3ccccc32)n(C)n1. The average molecular weight is 284 g/mol. The van der Waals surface area contributed by atoms with Crippen molar-refractivity contribution in [3.05, 3.63) is 52.8 Å². The predicted octanol–water partition coefficient (Wildman–Crippen LogP) is 2.49. The minimum Gasteiger partial charge on any atom is -0.481 e. The number of aliphatic carboxylic acids is 1. The molecule has 1 atom stereocenters. The first-order chi connectivity index (χ1) is 10.1. The van der Waals surface area contributed by atoms with Crippen LogP contribution in [0.1, 0.15) is 35.9 Å². The lowest BCUT2D eigenvalue weighted by molar-refractivity contribution is -0.143. The van der Waals surface area contributed by atoms with E-state index in [4.69, 9.17) is 0 Å². The first-order valence-electron chi connectivity index (χ1n) is 7.40. The van der Waals surface area contributed by atoms with Crippen LogP contribution in [0.4, 0.5) is 0 Å². The number of hydrogen-bond donors (Lipinski definition) is 1. The van der Waals surface area contributed by atoms with E-state index >= 15 is 0 Å². The lowest BCUT2D eigenvalue weighted by Gasteiger charge is -2.25. The maximum Gasteiger partial charge on any atom is 0.314 e. The molecule has 0 radical (unpaired) electrons. The van der Waals surface area contributed by atoms with Gasteiger partial charge in [0.15, 0.2) is 0 Å². The first-order valence-corrected chi connectivity index (χ1v) is 7.40. The van der Waals surface area contributed by atoms with Gasteiger partial charge in [-0.3, -0.25) is 9.48 Å². The number of carboxylic acid groups (broad SMARTS) is 1. The molecule has 0 saturated carbocycles. The number of nitrogens with zero attached hydrogens (tertiary/aromatic N) is 2. The Hall–Kier alpha value is -2.10. The monoisotopic (exact) mass is 284 g/mol. The zero-order valence-corrected chi connectivity index (χ0v) is 12.5. The zero-order chi connectivity index (χ0) is 15.0. The van der Waals surface area contributed by atoms with Crippen molar-refractivity contribution in [1.29, 1.82) is 0 Å². The van der Waals surface area contributed by atoms with Crippen LogP contribution in [0.15, 0.2) is 30.3 Å². The van der Waals surface area contributed by atoms with E-state index in [1.165, 1.54) is 0 Å². The number of hydrogen-bond acceptors (Lipinski definition) is 2. The molecular formula is C17H20N2O2. The van der Waals surface area contributed by atoms with Crippen LogP contribution >= 0.6 is 0 Å². The number of carboxylic acids is 1. The lowest BCUT2D eigenvalue weighted by Crippen LogP contribution is -2.36. The molecule has 1 unspecified atom stereocenters. The zero-order valence-electron chi connectivity index (χ0n) is 12.5. The molecular weight excluding hydrogens is 264 g/mol. The Morgan fingerprint density at radius 3 is 2.86 bits per heavy atom.